The van der Waals surface area contributed by atoms with Crippen molar-refractivity contribution in [3.63, 3.8) is 0 Å². The van der Waals surface area contributed by atoms with Gasteiger partial charge in [-0.1, -0.05) is 122 Å². The molecular formula is C27H50O4. The summed E-state index contributed by atoms with van der Waals surface area (Å²) in [5, 5.41) is 9.23. The lowest BCUT2D eigenvalue weighted by molar-refractivity contribution is -0.150. The minimum absolute atomic E-state index is 0.0786. The molecule has 1 N–H and O–H groups in total. The van der Waals surface area contributed by atoms with Gasteiger partial charge in [-0.2, -0.15) is 0 Å². The Morgan fingerprint density at radius 2 is 1.16 bits per heavy atom. The van der Waals surface area contributed by atoms with Crippen LogP contribution in [0.25, 0.3) is 0 Å². The molecule has 0 saturated carbocycles. The smallest absolute Gasteiger partial charge is 0.310 e. The predicted octanol–water partition coefficient (Wildman–Crippen LogP) is 8.24. The lowest BCUT2D eigenvalue weighted by atomic mass is 10.0. The Balaban J connectivity index is 3.47. The van der Waals surface area contributed by atoms with Crippen LogP contribution in [0.4, 0.5) is 0 Å². The van der Waals surface area contributed by atoms with Crippen LogP contribution in [0, 0.1) is 5.92 Å². The van der Waals surface area contributed by atoms with Crippen LogP contribution in [0.3, 0.4) is 0 Å². The molecule has 0 heterocycles. The quantitative estimate of drug-likeness (QED) is 0.0991. The van der Waals surface area contributed by atoms with Gasteiger partial charge in [0.25, 0.3) is 0 Å². The first-order valence-electron chi connectivity index (χ1n) is 13.2. The van der Waals surface area contributed by atoms with Crippen molar-refractivity contribution in [3.05, 3.63) is 12.2 Å². The van der Waals surface area contributed by atoms with Crippen molar-refractivity contribution in [2.75, 3.05) is 6.61 Å². The molecule has 0 aliphatic heterocycles. The Morgan fingerprint density at radius 3 is 1.58 bits per heavy atom. The second kappa shape index (κ2) is 23.3. The van der Waals surface area contributed by atoms with Crippen molar-refractivity contribution in [1.82, 2.24) is 0 Å². The number of hydrogen-bond acceptors (Lipinski definition) is 3. The number of ether oxygens (including phenoxy) is 1. The molecule has 31 heavy (non-hydrogen) atoms. The predicted molar refractivity (Wildman–Crippen MR) is 130 cm³/mol. The molecule has 1 unspecified atom stereocenters. The molecule has 0 aromatic heterocycles. The fraction of sp³-hybridized carbons (Fsp3) is 0.852. The largest absolute Gasteiger partial charge is 0.481 e. The summed E-state index contributed by atoms with van der Waals surface area (Å²) in [5.74, 6) is -2.16. The number of aliphatic carboxylic acids is 1. The highest BCUT2D eigenvalue weighted by Gasteiger charge is 2.18. The molecule has 0 amide bonds. The first kappa shape index (κ1) is 29.7. The van der Waals surface area contributed by atoms with E-state index in [4.69, 9.17) is 4.74 Å². The number of allylic oxidation sites excluding steroid dienone is 1. The highest BCUT2D eigenvalue weighted by atomic mass is 16.5. The van der Waals surface area contributed by atoms with E-state index in [0.717, 1.165) is 19.3 Å². The summed E-state index contributed by atoms with van der Waals surface area (Å²) in [6.07, 6.45) is 26.7. The first-order valence-corrected chi connectivity index (χ1v) is 13.2. The molecule has 0 fully saturated rings. The fourth-order valence-electron chi connectivity index (χ4n) is 3.76. The SMILES string of the molecule is CCCCCCCCCCCCCCCCCC/C=C/C(CC(=O)OCCC)C(=O)O. The molecule has 0 aliphatic carbocycles. The molecule has 4 heteroatoms. The molecular weight excluding hydrogens is 388 g/mol. The molecule has 0 rings (SSSR count). The van der Waals surface area contributed by atoms with E-state index in [0.29, 0.717) is 6.61 Å². The number of carbonyl (C=O) groups is 2. The lowest BCUT2D eigenvalue weighted by Gasteiger charge is -2.07. The topological polar surface area (TPSA) is 63.6 Å². The van der Waals surface area contributed by atoms with Crippen LogP contribution < -0.4 is 0 Å². The molecule has 0 aromatic rings. The third-order valence-corrected chi connectivity index (χ3v) is 5.76. The van der Waals surface area contributed by atoms with Gasteiger partial charge in [-0.3, -0.25) is 9.59 Å². The fourth-order valence-corrected chi connectivity index (χ4v) is 3.76. The number of esters is 1. The molecule has 182 valence electrons. The Hall–Kier alpha value is -1.32. The summed E-state index contributed by atoms with van der Waals surface area (Å²) in [4.78, 5) is 22.9. The van der Waals surface area contributed by atoms with Gasteiger partial charge in [0.1, 0.15) is 0 Å². The van der Waals surface area contributed by atoms with Crippen LogP contribution in [-0.4, -0.2) is 23.7 Å². The van der Waals surface area contributed by atoms with Crippen molar-refractivity contribution in [2.45, 2.75) is 136 Å². The number of carboxylic acids is 1. The molecule has 0 saturated heterocycles. The Morgan fingerprint density at radius 1 is 0.710 bits per heavy atom. The molecule has 0 spiro atoms. The summed E-state index contributed by atoms with van der Waals surface area (Å²) < 4.78 is 4.98. The van der Waals surface area contributed by atoms with Crippen LogP contribution in [-0.2, 0) is 14.3 Å². The zero-order valence-corrected chi connectivity index (χ0v) is 20.5. The standard InChI is InChI=1S/C27H50O4/c1-3-5-6-7-8-9-10-11-12-13-14-15-16-17-18-19-20-21-22-25(27(29)30)24-26(28)31-23-4-2/h21-22,25H,3-20,23-24H2,1-2H3,(H,29,30)/b22-21+. The number of carbonyl (C=O) groups excluding carboxylic acids is 1. The average molecular weight is 439 g/mol. The molecule has 0 aromatic carbocycles. The highest BCUT2D eigenvalue weighted by Crippen LogP contribution is 2.14. The van der Waals surface area contributed by atoms with Gasteiger partial charge in [-0.15, -0.1) is 0 Å². The lowest BCUT2D eigenvalue weighted by Crippen LogP contribution is -2.17. The van der Waals surface area contributed by atoms with E-state index in [1.807, 2.05) is 13.0 Å². The van der Waals surface area contributed by atoms with Crippen LogP contribution in [0.5, 0.6) is 0 Å². The van der Waals surface area contributed by atoms with Crippen molar-refractivity contribution in [1.29, 1.82) is 0 Å². The van der Waals surface area contributed by atoms with Crippen LogP contribution in [0.1, 0.15) is 136 Å². The summed E-state index contributed by atoms with van der Waals surface area (Å²) in [7, 11) is 0. The van der Waals surface area contributed by atoms with Crippen LogP contribution >= 0.6 is 0 Å². The number of hydrogen-bond donors (Lipinski definition) is 1. The molecule has 0 aliphatic rings. The number of unbranched alkanes of at least 4 members (excludes halogenated alkanes) is 16. The summed E-state index contributed by atoms with van der Waals surface area (Å²) in [5.41, 5.74) is 0. The molecule has 0 bridgehead atoms. The van der Waals surface area contributed by atoms with Crippen molar-refractivity contribution in [2.24, 2.45) is 5.92 Å². The summed E-state index contributed by atoms with van der Waals surface area (Å²) in [6.45, 7) is 4.54. The molecule has 4 nitrogen and oxygen atoms in total. The van der Waals surface area contributed by atoms with Gasteiger partial charge < -0.3 is 9.84 Å². The van der Waals surface area contributed by atoms with E-state index < -0.39 is 17.9 Å². The zero-order chi connectivity index (χ0) is 23.0. The maximum Gasteiger partial charge on any atom is 0.310 e. The summed E-state index contributed by atoms with van der Waals surface area (Å²) in [6, 6.07) is 0. The average Bonchev–Trinajstić information content (AvgIpc) is 2.75. The Labute approximate surface area is 192 Å². The third-order valence-electron chi connectivity index (χ3n) is 5.76. The van der Waals surface area contributed by atoms with E-state index in [2.05, 4.69) is 6.92 Å². The second-order valence-electron chi connectivity index (χ2n) is 8.89. The Bertz CT molecular complexity index is 445. The van der Waals surface area contributed by atoms with Crippen molar-refractivity contribution < 1.29 is 19.4 Å². The van der Waals surface area contributed by atoms with Crippen LogP contribution in [0.2, 0.25) is 0 Å². The van der Waals surface area contributed by atoms with Gasteiger partial charge in [0, 0.05) is 0 Å². The summed E-state index contributed by atoms with van der Waals surface area (Å²) >= 11 is 0. The van der Waals surface area contributed by atoms with Gasteiger partial charge in [-0.05, 0) is 19.3 Å². The van der Waals surface area contributed by atoms with Gasteiger partial charge in [0.05, 0.1) is 18.9 Å². The van der Waals surface area contributed by atoms with Gasteiger partial charge in [0.15, 0.2) is 0 Å². The van der Waals surface area contributed by atoms with E-state index in [1.165, 1.54) is 96.3 Å². The van der Waals surface area contributed by atoms with E-state index in [-0.39, 0.29) is 6.42 Å². The van der Waals surface area contributed by atoms with Crippen molar-refractivity contribution >= 4 is 11.9 Å². The van der Waals surface area contributed by atoms with E-state index in [1.54, 1.807) is 6.08 Å². The third kappa shape index (κ3) is 21.7. The minimum atomic E-state index is -0.961. The molecule has 1 atom stereocenters. The van der Waals surface area contributed by atoms with Crippen LogP contribution in [0.15, 0.2) is 12.2 Å². The Kier molecular flexibility index (Phi) is 22.4. The molecule has 0 radical (unpaired) electrons. The monoisotopic (exact) mass is 438 g/mol. The van der Waals surface area contributed by atoms with E-state index >= 15 is 0 Å². The normalized spacial score (nSPS) is 12.3. The van der Waals surface area contributed by atoms with Gasteiger partial charge in [-0.25, -0.2) is 0 Å². The highest BCUT2D eigenvalue weighted by molar-refractivity contribution is 5.80. The van der Waals surface area contributed by atoms with Gasteiger partial charge in [0.2, 0.25) is 0 Å². The van der Waals surface area contributed by atoms with E-state index in [9.17, 15) is 14.7 Å². The maximum absolute atomic E-state index is 11.6. The minimum Gasteiger partial charge on any atom is -0.481 e. The number of carboxylic acid groups (broad SMARTS) is 1. The maximum atomic E-state index is 11.6. The second-order valence-corrected chi connectivity index (χ2v) is 8.89. The first-order chi connectivity index (χ1) is 15.1. The zero-order valence-electron chi connectivity index (χ0n) is 20.5. The van der Waals surface area contributed by atoms with Gasteiger partial charge >= 0.3 is 11.9 Å². The number of rotatable bonds is 23. The van der Waals surface area contributed by atoms with Crippen molar-refractivity contribution in [3.8, 4) is 0 Å².